The fourth-order valence-electron chi connectivity index (χ4n) is 3.16. The first-order valence-corrected chi connectivity index (χ1v) is 9.26. The second-order valence-electron chi connectivity index (χ2n) is 6.23. The van der Waals surface area contributed by atoms with Crippen molar-refractivity contribution in [2.75, 3.05) is 26.8 Å². The summed E-state index contributed by atoms with van der Waals surface area (Å²) in [7, 11) is 1.55. The highest BCUT2D eigenvalue weighted by Gasteiger charge is 2.20. The van der Waals surface area contributed by atoms with Gasteiger partial charge in [-0.15, -0.1) is 11.3 Å². The fourth-order valence-corrected chi connectivity index (χ4v) is 3.88. The van der Waals surface area contributed by atoms with Gasteiger partial charge in [-0.25, -0.2) is 0 Å². The van der Waals surface area contributed by atoms with Gasteiger partial charge in [0.1, 0.15) is 6.61 Å². The zero-order chi connectivity index (χ0) is 16.8. The normalized spacial score (nSPS) is 16.2. The molecule has 128 valence electrons. The Morgan fingerprint density at radius 2 is 2.12 bits per heavy atom. The maximum Gasteiger partial charge on any atom is 0.246 e. The quantitative estimate of drug-likeness (QED) is 0.875. The van der Waals surface area contributed by atoms with Crippen molar-refractivity contribution in [1.82, 2.24) is 10.2 Å². The second kappa shape index (κ2) is 8.42. The third kappa shape index (κ3) is 4.66. The summed E-state index contributed by atoms with van der Waals surface area (Å²) in [5.41, 5.74) is 2.65. The van der Waals surface area contributed by atoms with E-state index in [-0.39, 0.29) is 18.6 Å². The Labute approximate surface area is 147 Å². The molecule has 5 heteroatoms. The van der Waals surface area contributed by atoms with Crippen molar-refractivity contribution in [3.63, 3.8) is 0 Å². The SMILES string of the molecule is COCC(=O)NC1CCN(Cc2cccc(-c3cccs3)c2)CC1. The number of likely N-dealkylation sites (tertiary alicyclic amines) is 1. The van der Waals surface area contributed by atoms with Crippen LogP contribution in [-0.2, 0) is 16.1 Å². The number of hydrogen-bond donors (Lipinski definition) is 1. The van der Waals surface area contributed by atoms with Crippen molar-refractivity contribution >= 4 is 17.2 Å². The standard InChI is InChI=1S/C19H24N2O2S/c1-23-14-19(22)20-17-7-9-21(10-8-17)13-15-4-2-5-16(12-15)18-6-3-11-24-18/h2-6,11-12,17H,7-10,13-14H2,1H3,(H,20,22). The van der Waals surface area contributed by atoms with Gasteiger partial charge in [-0.2, -0.15) is 0 Å². The van der Waals surface area contributed by atoms with Crippen LogP contribution >= 0.6 is 11.3 Å². The topological polar surface area (TPSA) is 41.6 Å². The van der Waals surface area contributed by atoms with E-state index in [9.17, 15) is 4.79 Å². The van der Waals surface area contributed by atoms with Gasteiger partial charge in [0.05, 0.1) is 0 Å². The highest BCUT2D eigenvalue weighted by molar-refractivity contribution is 7.13. The number of rotatable bonds is 6. The molecule has 0 radical (unpaired) electrons. The number of piperidine rings is 1. The van der Waals surface area contributed by atoms with E-state index >= 15 is 0 Å². The molecule has 1 aliphatic heterocycles. The van der Waals surface area contributed by atoms with Crippen molar-refractivity contribution in [3.05, 3.63) is 47.3 Å². The molecule has 4 nitrogen and oxygen atoms in total. The lowest BCUT2D eigenvalue weighted by Gasteiger charge is -2.32. The van der Waals surface area contributed by atoms with Crippen LogP contribution < -0.4 is 5.32 Å². The Morgan fingerprint density at radius 3 is 2.83 bits per heavy atom. The monoisotopic (exact) mass is 344 g/mol. The van der Waals surface area contributed by atoms with E-state index in [1.807, 2.05) is 0 Å². The first-order chi connectivity index (χ1) is 11.7. The molecule has 1 aliphatic rings. The van der Waals surface area contributed by atoms with Gasteiger partial charge < -0.3 is 10.1 Å². The number of nitrogens with zero attached hydrogens (tertiary/aromatic N) is 1. The molecule has 1 aromatic heterocycles. The van der Waals surface area contributed by atoms with Gasteiger partial charge in [0.25, 0.3) is 0 Å². The maximum atomic E-state index is 11.6. The number of benzene rings is 1. The van der Waals surface area contributed by atoms with Crippen LogP contribution in [0.4, 0.5) is 0 Å². The van der Waals surface area contributed by atoms with E-state index in [1.165, 1.54) is 16.0 Å². The van der Waals surface area contributed by atoms with Crippen LogP contribution in [0.3, 0.4) is 0 Å². The summed E-state index contributed by atoms with van der Waals surface area (Å²) >= 11 is 1.78. The van der Waals surface area contributed by atoms with Gasteiger partial charge >= 0.3 is 0 Å². The van der Waals surface area contributed by atoms with E-state index in [0.717, 1.165) is 32.5 Å². The van der Waals surface area contributed by atoms with Crippen molar-refractivity contribution in [3.8, 4) is 10.4 Å². The van der Waals surface area contributed by atoms with Crippen molar-refractivity contribution < 1.29 is 9.53 Å². The van der Waals surface area contributed by atoms with Gasteiger partial charge in [-0.3, -0.25) is 9.69 Å². The lowest BCUT2D eigenvalue weighted by molar-refractivity contribution is -0.125. The first-order valence-electron chi connectivity index (χ1n) is 8.38. The molecule has 0 atom stereocenters. The molecular formula is C19H24N2O2S. The molecule has 0 bridgehead atoms. The van der Waals surface area contributed by atoms with Crippen LogP contribution in [0.25, 0.3) is 10.4 Å². The van der Waals surface area contributed by atoms with Gasteiger partial charge in [0.2, 0.25) is 5.91 Å². The van der Waals surface area contributed by atoms with Crippen molar-refractivity contribution in [1.29, 1.82) is 0 Å². The molecule has 1 fully saturated rings. The molecule has 1 saturated heterocycles. The summed E-state index contributed by atoms with van der Waals surface area (Å²) in [6, 6.07) is 13.3. The Hall–Kier alpha value is -1.69. The number of carbonyl (C=O) groups excluding carboxylic acids is 1. The molecule has 0 aliphatic carbocycles. The number of ether oxygens (including phenoxy) is 1. The second-order valence-corrected chi connectivity index (χ2v) is 7.18. The minimum atomic E-state index is -0.0143. The fraction of sp³-hybridized carbons (Fsp3) is 0.421. The number of amides is 1. The Morgan fingerprint density at radius 1 is 1.29 bits per heavy atom. The zero-order valence-corrected chi connectivity index (χ0v) is 14.8. The molecule has 2 aromatic rings. The van der Waals surface area contributed by atoms with Gasteiger partial charge in [0.15, 0.2) is 0 Å². The third-order valence-corrected chi connectivity index (χ3v) is 5.29. The smallest absolute Gasteiger partial charge is 0.246 e. The van der Waals surface area contributed by atoms with Crippen LogP contribution in [-0.4, -0.2) is 43.7 Å². The first kappa shape index (κ1) is 17.1. The zero-order valence-electron chi connectivity index (χ0n) is 14.0. The minimum absolute atomic E-state index is 0.0143. The van der Waals surface area contributed by atoms with E-state index in [4.69, 9.17) is 4.74 Å². The Bertz CT molecular complexity index is 649. The van der Waals surface area contributed by atoms with Crippen molar-refractivity contribution in [2.45, 2.75) is 25.4 Å². The highest BCUT2D eigenvalue weighted by atomic mass is 32.1. The molecule has 0 saturated carbocycles. The van der Waals surface area contributed by atoms with E-state index in [1.54, 1.807) is 18.4 Å². The predicted molar refractivity (Wildman–Crippen MR) is 98.1 cm³/mol. The van der Waals surface area contributed by atoms with Crippen LogP contribution in [0, 0.1) is 0 Å². The summed E-state index contributed by atoms with van der Waals surface area (Å²) in [4.78, 5) is 15.4. The van der Waals surface area contributed by atoms with Crippen LogP contribution in [0.15, 0.2) is 41.8 Å². The number of carbonyl (C=O) groups is 1. The number of hydrogen-bond acceptors (Lipinski definition) is 4. The summed E-state index contributed by atoms with van der Waals surface area (Å²) in [5, 5.41) is 5.16. The largest absolute Gasteiger partial charge is 0.375 e. The number of nitrogens with one attached hydrogen (secondary N) is 1. The summed E-state index contributed by atoms with van der Waals surface area (Å²) < 4.78 is 4.87. The molecule has 24 heavy (non-hydrogen) atoms. The van der Waals surface area contributed by atoms with Crippen molar-refractivity contribution in [2.24, 2.45) is 0 Å². The summed E-state index contributed by atoms with van der Waals surface area (Å²) in [5.74, 6) is -0.0143. The molecule has 0 spiro atoms. The predicted octanol–water partition coefficient (Wildman–Crippen LogP) is 3.14. The number of methoxy groups -OCH3 is 1. The third-order valence-electron chi connectivity index (χ3n) is 4.37. The van der Waals surface area contributed by atoms with Crippen LogP contribution in [0.2, 0.25) is 0 Å². The average Bonchev–Trinajstić information content (AvgIpc) is 3.12. The average molecular weight is 344 g/mol. The summed E-state index contributed by atoms with van der Waals surface area (Å²) in [6.45, 7) is 3.15. The maximum absolute atomic E-state index is 11.6. The number of thiophene rings is 1. The summed E-state index contributed by atoms with van der Waals surface area (Å²) in [6.07, 6.45) is 2.00. The molecule has 0 unspecified atom stereocenters. The van der Waals surface area contributed by atoms with Gasteiger partial charge in [0, 0.05) is 37.7 Å². The lowest BCUT2D eigenvalue weighted by atomic mass is 10.0. The lowest BCUT2D eigenvalue weighted by Crippen LogP contribution is -2.45. The molecule has 1 aromatic carbocycles. The van der Waals surface area contributed by atoms with Crippen LogP contribution in [0.5, 0.6) is 0 Å². The van der Waals surface area contributed by atoms with E-state index in [0.29, 0.717) is 0 Å². The molecule has 1 N–H and O–H groups in total. The Kier molecular flexibility index (Phi) is 6.01. The van der Waals surface area contributed by atoms with Crippen LogP contribution in [0.1, 0.15) is 18.4 Å². The molecule has 3 rings (SSSR count). The van der Waals surface area contributed by atoms with Gasteiger partial charge in [-0.1, -0.05) is 24.3 Å². The molecular weight excluding hydrogens is 320 g/mol. The van der Waals surface area contributed by atoms with E-state index < -0.39 is 0 Å². The Balaban J connectivity index is 1.51. The minimum Gasteiger partial charge on any atom is -0.375 e. The van der Waals surface area contributed by atoms with E-state index in [2.05, 4.69) is 52.0 Å². The van der Waals surface area contributed by atoms with Gasteiger partial charge in [-0.05, 0) is 41.5 Å². The highest BCUT2D eigenvalue weighted by Crippen LogP contribution is 2.26. The molecule has 2 heterocycles. The molecule has 1 amide bonds.